The largest absolute Gasteiger partial charge is 0.514 e. The van der Waals surface area contributed by atoms with Crippen molar-refractivity contribution in [2.75, 3.05) is 7.05 Å². The van der Waals surface area contributed by atoms with E-state index < -0.39 is 18.3 Å². The minimum absolute atomic E-state index is 0.412. The third-order valence-corrected chi connectivity index (χ3v) is 3.88. The van der Waals surface area contributed by atoms with Gasteiger partial charge >= 0.3 is 7.12 Å². The molecule has 1 aliphatic heterocycles. The zero-order chi connectivity index (χ0) is 15.0. The van der Waals surface area contributed by atoms with Crippen molar-refractivity contribution in [3.05, 3.63) is 23.4 Å². The summed E-state index contributed by atoms with van der Waals surface area (Å²) in [7, 11) is 1.30. The lowest BCUT2D eigenvalue weighted by atomic mass is 9.83. The van der Waals surface area contributed by atoms with Gasteiger partial charge in [0.25, 0.3) is 0 Å². The van der Waals surface area contributed by atoms with E-state index in [0.717, 1.165) is 5.69 Å². The average Bonchev–Trinajstić information content (AvgIpc) is 2.58. The number of nitrogens with one attached hydrogen (secondary N) is 1. The van der Waals surface area contributed by atoms with Crippen LogP contribution in [0.1, 0.15) is 39.0 Å². The molecule has 1 saturated heterocycles. The topological polar surface area (TPSA) is 67.2 Å². The van der Waals surface area contributed by atoms with Crippen LogP contribution < -0.4 is 10.9 Å². The highest BCUT2D eigenvalue weighted by Gasteiger charge is 2.52. The summed E-state index contributed by atoms with van der Waals surface area (Å²) in [4.78, 5) is 4.52. The Hall–Kier alpha value is -1.42. The summed E-state index contributed by atoms with van der Waals surface area (Å²) >= 11 is 0. The van der Waals surface area contributed by atoms with Crippen molar-refractivity contribution in [1.82, 2.24) is 10.3 Å². The normalized spacial score (nSPS) is 19.9. The molecule has 5 nitrogen and oxygen atoms in total. The second kappa shape index (κ2) is 5.17. The summed E-state index contributed by atoms with van der Waals surface area (Å²) < 4.78 is 11.9. The van der Waals surface area contributed by atoms with Gasteiger partial charge in [0.05, 0.1) is 34.1 Å². The number of pyridine rings is 1. The van der Waals surface area contributed by atoms with Crippen LogP contribution in [0.2, 0.25) is 0 Å². The summed E-state index contributed by atoms with van der Waals surface area (Å²) in [6.45, 7) is 8.58. The SMILES string of the molecule is CNCc1cc(C#N)cc(B2OC(C)(C)C(C)(C)O2)n1. The molecule has 0 amide bonds. The molecule has 0 aliphatic carbocycles. The fourth-order valence-electron chi connectivity index (χ4n) is 2.03. The summed E-state index contributed by atoms with van der Waals surface area (Å²) in [5.74, 6) is 0. The van der Waals surface area contributed by atoms with Crippen LogP contribution in [-0.4, -0.2) is 30.4 Å². The van der Waals surface area contributed by atoms with Gasteiger partial charge in [-0.1, -0.05) is 0 Å². The molecule has 0 unspecified atom stereocenters. The molecule has 1 aliphatic rings. The number of nitriles is 1. The zero-order valence-corrected chi connectivity index (χ0v) is 12.7. The molecule has 0 atom stereocenters. The van der Waals surface area contributed by atoms with E-state index in [2.05, 4.69) is 16.4 Å². The van der Waals surface area contributed by atoms with E-state index in [1.165, 1.54) is 0 Å². The fourth-order valence-corrected chi connectivity index (χ4v) is 2.03. The minimum Gasteiger partial charge on any atom is -0.398 e. The quantitative estimate of drug-likeness (QED) is 0.831. The van der Waals surface area contributed by atoms with Crippen molar-refractivity contribution >= 4 is 12.7 Å². The third kappa shape index (κ3) is 2.71. The van der Waals surface area contributed by atoms with Crippen LogP contribution in [0, 0.1) is 11.3 Å². The molecule has 0 spiro atoms. The lowest BCUT2D eigenvalue weighted by Gasteiger charge is -2.32. The van der Waals surface area contributed by atoms with E-state index >= 15 is 0 Å². The van der Waals surface area contributed by atoms with Gasteiger partial charge in [-0.3, -0.25) is 4.98 Å². The Balaban J connectivity index is 2.35. The smallest absolute Gasteiger partial charge is 0.398 e. The molecule has 0 saturated carbocycles. The molecule has 106 valence electrons. The first kappa shape index (κ1) is 15.0. The first-order chi connectivity index (χ1) is 9.29. The predicted octanol–water partition coefficient (Wildman–Crippen LogP) is 0.972. The van der Waals surface area contributed by atoms with Crippen molar-refractivity contribution in [2.24, 2.45) is 0 Å². The van der Waals surface area contributed by atoms with Gasteiger partial charge in [-0.15, -0.1) is 0 Å². The number of hydrogen-bond donors (Lipinski definition) is 1. The van der Waals surface area contributed by atoms with Crippen LogP contribution in [0.4, 0.5) is 0 Å². The van der Waals surface area contributed by atoms with Gasteiger partial charge in [-0.2, -0.15) is 5.26 Å². The van der Waals surface area contributed by atoms with Crippen LogP contribution in [-0.2, 0) is 15.9 Å². The monoisotopic (exact) mass is 273 g/mol. The summed E-state index contributed by atoms with van der Waals surface area (Å²) in [5.41, 5.74) is 1.19. The second-order valence-electron chi connectivity index (χ2n) is 6.00. The van der Waals surface area contributed by atoms with Crippen LogP contribution in [0.25, 0.3) is 0 Å². The molecule has 0 bridgehead atoms. The molecule has 2 heterocycles. The number of hydrogen-bond acceptors (Lipinski definition) is 5. The van der Waals surface area contributed by atoms with Crippen LogP contribution in [0.3, 0.4) is 0 Å². The van der Waals surface area contributed by atoms with Gasteiger partial charge in [0.2, 0.25) is 0 Å². The standard InChI is InChI=1S/C14H20BN3O2/c1-13(2)14(3,4)20-15(19-13)12-7-10(8-16)6-11(18-12)9-17-5/h6-7,17H,9H2,1-5H3. The molecular weight excluding hydrogens is 253 g/mol. The van der Waals surface area contributed by atoms with Gasteiger partial charge in [0.1, 0.15) is 0 Å². The highest BCUT2D eigenvalue weighted by Crippen LogP contribution is 2.36. The van der Waals surface area contributed by atoms with Gasteiger partial charge < -0.3 is 14.6 Å². The van der Waals surface area contributed by atoms with Gasteiger partial charge in [-0.05, 0) is 46.9 Å². The Kier molecular flexibility index (Phi) is 3.87. The molecule has 1 aromatic heterocycles. The molecule has 2 rings (SSSR count). The summed E-state index contributed by atoms with van der Waals surface area (Å²) in [6, 6.07) is 5.64. The molecule has 1 fully saturated rings. The van der Waals surface area contributed by atoms with Gasteiger partial charge in [0, 0.05) is 6.54 Å². The maximum atomic E-state index is 9.12. The summed E-state index contributed by atoms with van der Waals surface area (Å²) in [6.07, 6.45) is 0. The highest BCUT2D eigenvalue weighted by molar-refractivity contribution is 6.61. The van der Waals surface area contributed by atoms with E-state index in [9.17, 15) is 0 Å². The first-order valence-electron chi connectivity index (χ1n) is 6.70. The van der Waals surface area contributed by atoms with E-state index in [0.29, 0.717) is 17.7 Å². The molecule has 1 N–H and O–H groups in total. The third-order valence-electron chi connectivity index (χ3n) is 3.88. The van der Waals surface area contributed by atoms with Crippen molar-refractivity contribution in [2.45, 2.75) is 45.4 Å². The lowest BCUT2D eigenvalue weighted by Crippen LogP contribution is -2.41. The molecule has 0 radical (unpaired) electrons. The van der Waals surface area contributed by atoms with Crippen LogP contribution >= 0.6 is 0 Å². The Morgan fingerprint density at radius 3 is 2.35 bits per heavy atom. The van der Waals surface area contributed by atoms with E-state index in [1.807, 2.05) is 34.7 Å². The van der Waals surface area contributed by atoms with Crippen molar-refractivity contribution < 1.29 is 9.31 Å². The maximum Gasteiger partial charge on any atom is 0.514 e. The molecule has 20 heavy (non-hydrogen) atoms. The highest BCUT2D eigenvalue weighted by atomic mass is 16.7. The van der Waals surface area contributed by atoms with Crippen LogP contribution in [0.15, 0.2) is 12.1 Å². The van der Waals surface area contributed by atoms with Gasteiger partial charge in [0.15, 0.2) is 0 Å². The second-order valence-corrected chi connectivity index (χ2v) is 6.00. The summed E-state index contributed by atoms with van der Waals surface area (Å²) in [5, 5.41) is 12.2. The van der Waals surface area contributed by atoms with E-state index in [-0.39, 0.29) is 0 Å². The van der Waals surface area contributed by atoms with Crippen molar-refractivity contribution in [1.29, 1.82) is 5.26 Å². The number of aromatic nitrogens is 1. The first-order valence-corrected chi connectivity index (χ1v) is 6.70. The van der Waals surface area contributed by atoms with Crippen molar-refractivity contribution in [3.8, 4) is 6.07 Å². The van der Waals surface area contributed by atoms with Gasteiger partial charge in [-0.25, -0.2) is 0 Å². The Bertz CT molecular complexity index is 536. The molecule has 0 aromatic carbocycles. The number of nitrogens with zero attached hydrogens (tertiary/aromatic N) is 2. The molecule has 6 heteroatoms. The van der Waals surface area contributed by atoms with E-state index in [1.54, 1.807) is 12.1 Å². The molecular formula is C14H20BN3O2. The predicted molar refractivity (Wildman–Crippen MR) is 77.4 cm³/mol. The minimum atomic E-state index is -0.538. The van der Waals surface area contributed by atoms with Crippen LogP contribution in [0.5, 0.6) is 0 Å². The molecule has 1 aromatic rings. The number of rotatable bonds is 3. The zero-order valence-electron chi connectivity index (χ0n) is 12.7. The maximum absolute atomic E-state index is 9.12. The Morgan fingerprint density at radius 2 is 1.85 bits per heavy atom. The fraction of sp³-hybridized carbons (Fsp3) is 0.571. The Labute approximate surface area is 120 Å². The van der Waals surface area contributed by atoms with E-state index in [4.69, 9.17) is 14.6 Å². The Morgan fingerprint density at radius 1 is 1.25 bits per heavy atom. The lowest BCUT2D eigenvalue weighted by molar-refractivity contribution is 0.00578. The average molecular weight is 273 g/mol. The van der Waals surface area contributed by atoms with Crippen molar-refractivity contribution in [3.63, 3.8) is 0 Å².